The molecular formula is C17H28N2O2. The molecular weight excluding hydrogens is 264 g/mol. The Bertz CT molecular complexity index is 476. The zero-order valence-electron chi connectivity index (χ0n) is 13.4. The van der Waals surface area contributed by atoms with Gasteiger partial charge < -0.3 is 20.9 Å². The summed E-state index contributed by atoms with van der Waals surface area (Å²) in [6.45, 7) is 6.69. The molecule has 1 aromatic carbocycles. The fourth-order valence-corrected chi connectivity index (χ4v) is 3.11. The lowest BCUT2D eigenvalue weighted by atomic mass is 9.79. The molecule has 0 heterocycles. The predicted molar refractivity (Wildman–Crippen MR) is 87.7 cm³/mol. The molecule has 0 bridgehead atoms. The largest absolute Gasteiger partial charge is 0.489 e. The van der Waals surface area contributed by atoms with Crippen molar-refractivity contribution in [3.8, 4) is 5.75 Å². The van der Waals surface area contributed by atoms with Gasteiger partial charge in [0.15, 0.2) is 0 Å². The van der Waals surface area contributed by atoms with Crippen LogP contribution in [0.15, 0.2) is 18.2 Å². The maximum Gasteiger partial charge on any atom is 0.144 e. The van der Waals surface area contributed by atoms with Crippen molar-refractivity contribution in [3.63, 3.8) is 0 Å². The molecule has 2 rings (SSSR count). The second-order valence-electron chi connectivity index (χ2n) is 6.66. The Kier molecular flexibility index (Phi) is 4.99. The molecule has 4 nitrogen and oxygen atoms in total. The van der Waals surface area contributed by atoms with Gasteiger partial charge in [0.2, 0.25) is 0 Å². The highest BCUT2D eigenvalue weighted by Crippen LogP contribution is 2.34. The van der Waals surface area contributed by atoms with Crippen molar-refractivity contribution < 1.29 is 9.84 Å². The molecule has 4 heteroatoms. The van der Waals surface area contributed by atoms with Crippen LogP contribution >= 0.6 is 0 Å². The Labute approximate surface area is 127 Å². The number of rotatable bonds is 5. The summed E-state index contributed by atoms with van der Waals surface area (Å²) in [7, 11) is 0. The van der Waals surface area contributed by atoms with E-state index in [0.717, 1.165) is 24.9 Å². The lowest BCUT2D eigenvalue weighted by Gasteiger charge is -2.36. The van der Waals surface area contributed by atoms with Crippen LogP contribution in [0.3, 0.4) is 0 Å². The van der Waals surface area contributed by atoms with E-state index in [1.54, 1.807) is 0 Å². The van der Waals surface area contributed by atoms with Crippen LogP contribution in [0.2, 0.25) is 0 Å². The van der Waals surface area contributed by atoms with Crippen molar-refractivity contribution in [2.75, 3.05) is 17.6 Å². The van der Waals surface area contributed by atoms with Gasteiger partial charge in [-0.3, -0.25) is 0 Å². The fraction of sp³-hybridized carbons (Fsp3) is 0.647. The summed E-state index contributed by atoms with van der Waals surface area (Å²) in [4.78, 5) is 0. The van der Waals surface area contributed by atoms with E-state index in [9.17, 15) is 5.11 Å². The molecule has 2 unspecified atom stereocenters. The number of benzene rings is 1. The zero-order chi connectivity index (χ0) is 15.5. The van der Waals surface area contributed by atoms with Crippen molar-refractivity contribution in [1.82, 2.24) is 0 Å². The van der Waals surface area contributed by atoms with E-state index < -0.39 is 5.60 Å². The minimum absolute atomic E-state index is 0.0888. The van der Waals surface area contributed by atoms with E-state index in [1.807, 2.05) is 32.0 Å². The normalized spacial score (nSPS) is 25.9. The molecule has 4 N–H and O–H groups in total. The molecule has 0 spiro atoms. The van der Waals surface area contributed by atoms with E-state index in [1.165, 1.54) is 6.42 Å². The van der Waals surface area contributed by atoms with Crippen molar-refractivity contribution in [3.05, 3.63) is 18.2 Å². The molecule has 1 aliphatic rings. The maximum atomic E-state index is 10.7. The summed E-state index contributed by atoms with van der Waals surface area (Å²) in [5.74, 6) is 1.28. The van der Waals surface area contributed by atoms with E-state index in [2.05, 4.69) is 12.2 Å². The topological polar surface area (TPSA) is 67.5 Å². The first-order valence-corrected chi connectivity index (χ1v) is 7.91. The number of nitrogens with two attached hydrogens (primary N) is 1. The summed E-state index contributed by atoms with van der Waals surface area (Å²) in [6.07, 6.45) is 4.09. The molecule has 0 saturated heterocycles. The molecule has 21 heavy (non-hydrogen) atoms. The van der Waals surface area contributed by atoms with Gasteiger partial charge in [0, 0.05) is 6.54 Å². The van der Waals surface area contributed by atoms with Gasteiger partial charge in [-0.15, -0.1) is 0 Å². The van der Waals surface area contributed by atoms with Gasteiger partial charge in [0.05, 0.1) is 23.1 Å². The minimum atomic E-state index is -0.626. The molecule has 2 atom stereocenters. The Morgan fingerprint density at radius 3 is 2.90 bits per heavy atom. The van der Waals surface area contributed by atoms with Gasteiger partial charge in [-0.1, -0.05) is 25.8 Å². The fourth-order valence-electron chi connectivity index (χ4n) is 3.11. The quantitative estimate of drug-likeness (QED) is 0.728. The SMILES string of the molecule is CC1CCCC(O)(CNc2cccc(OC(C)C)c2N)C1. The third-order valence-corrected chi connectivity index (χ3v) is 4.10. The molecule has 0 aliphatic heterocycles. The van der Waals surface area contributed by atoms with E-state index in [0.29, 0.717) is 23.9 Å². The predicted octanol–water partition coefficient (Wildman–Crippen LogP) is 3.41. The second kappa shape index (κ2) is 6.56. The monoisotopic (exact) mass is 292 g/mol. The second-order valence-corrected chi connectivity index (χ2v) is 6.66. The molecule has 0 aromatic heterocycles. The number of para-hydroxylation sites is 1. The Morgan fingerprint density at radius 1 is 1.48 bits per heavy atom. The average Bonchev–Trinajstić information content (AvgIpc) is 2.39. The third kappa shape index (κ3) is 4.27. The van der Waals surface area contributed by atoms with Gasteiger partial charge in [0.25, 0.3) is 0 Å². The van der Waals surface area contributed by atoms with Crippen LogP contribution in [-0.4, -0.2) is 23.4 Å². The van der Waals surface area contributed by atoms with Crippen LogP contribution < -0.4 is 15.8 Å². The van der Waals surface area contributed by atoms with E-state index >= 15 is 0 Å². The number of aliphatic hydroxyl groups is 1. The Balaban J connectivity index is 2.03. The van der Waals surface area contributed by atoms with Crippen molar-refractivity contribution >= 4 is 11.4 Å². The number of ether oxygens (including phenoxy) is 1. The third-order valence-electron chi connectivity index (χ3n) is 4.10. The summed E-state index contributed by atoms with van der Waals surface area (Å²) in [5, 5.41) is 14.0. The average molecular weight is 292 g/mol. The number of nitrogens with one attached hydrogen (secondary N) is 1. The first kappa shape index (κ1) is 16.0. The lowest BCUT2D eigenvalue weighted by molar-refractivity contribution is -0.000754. The highest BCUT2D eigenvalue weighted by Gasteiger charge is 2.32. The van der Waals surface area contributed by atoms with Crippen LogP contribution in [0.1, 0.15) is 46.5 Å². The van der Waals surface area contributed by atoms with Crippen molar-refractivity contribution in [2.45, 2.75) is 58.2 Å². The molecule has 118 valence electrons. The number of nitrogen functional groups attached to an aromatic ring is 1. The zero-order valence-corrected chi connectivity index (χ0v) is 13.4. The summed E-state index contributed by atoms with van der Waals surface area (Å²) >= 11 is 0. The van der Waals surface area contributed by atoms with Crippen LogP contribution in [0, 0.1) is 5.92 Å². The van der Waals surface area contributed by atoms with Gasteiger partial charge in [0.1, 0.15) is 5.75 Å². The van der Waals surface area contributed by atoms with Gasteiger partial charge in [-0.2, -0.15) is 0 Å². The standard InChI is InChI=1S/C17H28N2O2/c1-12(2)21-15-8-4-7-14(16(15)18)19-11-17(20)9-5-6-13(3)10-17/h4,7-8,12-13,19-20H,5-6,9-11,18H2,1-3H3. The first-order chi connectivity index (χ1) is 9.89. The number of hydrogen-bond donors (Lipinski definition) is 3. The maximum absolute atomic E-state index is 10.7. The lowest BCUT2D eigenvalue weighted by Crippen LogP contribution is -2.41. The van der Waals surface area contributed by atoms with Crippen LogP contribution in [-0.2, 0) is 0 Å². The molecule has 0 amide bonds. The van der Waals surface area contributed by atoms with Crippen molar-refractivity contribution in [2.24, 2.45) is 5.92 Å². The highest BCUT2D eigenvalue weighted by molar-refractivity contribution is 5.73. The summed E-state index contributed by atoms with van der Waals surface area (Å²) in [5.41, 5.74) is 6.97. The Morgan fingerprint density at radius 2 is 2.24 bits per heavy atom. The van der Waals surface area contributed by atoms with E-state index in [-0.39, 0.29) is 6.10 Å². The number of anilines is 2. The van der Waals surface area contributed by atoms with E-state index in [4.69, 9.17) is 10.5 Å². The molecule has 1 aliphatic carbocycles. The smallest absolute Gasteiger partial charge is 0.144 e. The summed E-state index contributed by atoms with van der Waals surface area (Å²) < 4.78 is 5.69. The summed E-state index contributed by atoms with van der Waals surface area (Å²) in [6, 6.07) is 5.72. The molecule has 1 aromatic rings. The first-order valence-electron chi connectivity index (χ1n) is 7.91. The van der Waals surface area contributed by atoms with Gasteiger partial charge >= 0.3 is 0 Å². The van der Waals surface area contributed by atoms with Crippen LogP contribution in [0.4, 0.5) is 11.4 Å². The van der Waals surface area contributed by atoms with Crippen molar-refractivity contribution in [1.29, 1.82) is 0 Å². The molecule has 0 radical (unpaired) electrons. The van der Waals surface area contributed by atoms with Crippen LogP contribution in [0.5, 0.6) is 5.75 Å². The molecule has 1 fully saturated rings. The Hall–Kier alpha value is -1.42. The highest BCUT2D eigenvalue weighted by atomic mass is 16.5. The van der Waals surface area contributed by atoms with Crippen LogP contribution in [0.25, 0.3) is 0 Å². The number of hydrogen-bond acceptors (Lipinski definition) is 4. The van der Waals surface area contributed by atoms with Gasteiger partial charge in [-0.05, 0) is 44.7 Å². The van der Waals surface area contributed by atoms with Gasteiger partial charge in [-0.25, -0.2) is 0 Å². The minimum Gasteiger partial charge on any atom is -0.489 e. The molecule has 1 saturated carbocycles.